The average molecular weight is 466 g/mol. The van der Waals surface area contributed by atoms with Crippen LogP contribution in [0.2, 0.25) is 0 Å². The molecule has 8 nitrogen and oxygen atoms in total. The number of anilines is 1. The molecule has 10 heteroatoms. The first-order valence-corrected chi connectivity index (χ1v) is 11.4. The summed E-state index contributed by atoms with van der Waals surface area (Å²) in [4.78, 5) is 29.0. The summed E-state index contributed by atoms with van der Waals surface area (Å²) in [5.74, 6) is -0.0154. The van der Waals surface area contributed by atoms with Gasteiger partial charge in [0.15, 0.2) is 11.0 Å². The van der Waals surface area contributed by atoms with Crippen molar-refractivity contribution in [3.63, 3.8) is 0 Å². The van der Waals surface area contributed by atoms with Crippen molar-refractivity contribution in [1.82, 2.24) is 19.7 Å². The molecular weight excluding hydrogens is 446 g/mol. The summed E-state index contributed by atoms with van der Waals surface area (Å²) < 4.78 is 6.68. The minimum Gasteiger partial charge on any atom is -0.465 e. The number of carbonyl (C=O) groups is 2. The number of nitrogens with one attached hydrogen (secondary N) is 1. The highest BCUT2D eigenvalue weighted by molar-refractivity contribution is 7.99. The Kier molecular flexibility index (Phi) is 6.62. The van der Waals surface area contributed by atoms with Gasteiger partial charge in [-0.2, -0.15) is 0 Å². The normalized spacial score (nSPS) is 10.7. The Hall–Kier alpha value is -3.50. The number of ether oxygens (including phenoxy) is 1. The summed E-state index contributed by atoms with van der Waals surface area (Å²) in [6, 6.07) is 13.3. The van der Waals surface area contributed by atoms with Crippen LogP contribution >= 0.6 is 23.1 Å². The number of pyridine rings is 1. The van der Waals surface area contributed by atoms with Crippen molar-refractivity contribution in [3.8, 4) is 17.1 Å². The predicted octanol–water partition coefficient (Wildman–Crippen LogP) is 4.22. The Morgan fingerprint density at radius 1 is 1.16 bits per heavy atom. The molecule has 0 spiro atoms. The number of amides is 1. The lowest BCUT2D eigenvalue weighted by Gasteiger charge is -2.12. The van der Waals surface area contributed by atoms with Gasteiger partial charge in [-0.25, -0.2) is 4.79 Å². The zero-order valence-electron chi connectivity index (χ0n) is 17.3. The maximum Gasteiger partial charge on any atom is 0.350 e. The molecule has 1 N–H and O–H groups in total. The molecule has 162 valence electrons. The molecule has 0 aliphatic heterocycles. The average Bonchev–Trinajstić information content (AvgIpc) is 3.45. The number of nitrogens with zero attached hydrogens (tertiary/aromatic N) is 4. The summed E-state index contributed by atoms with van der Waals surface area (Å²) >= 11 is 2.47. The molecule has 0 aliphatic rings. The number of methoxy groups -OCH3 is 1. The van der Waals surface area contributed by atoms with Crippen molar-refractivity contribution >= 4 is 40.7 Å². The maximum atomic E-state index is 12.6. The van der Waals surface area contributed by atoms with Gasteiger partial charge in [0.25, 0.3) is 0 Å². The van der Waals surface area contributed by atoms with E-state index in [-0.39, 0.29) is 11.7 Å². The van der Waals surface area contributed by atoms with Gasteiger partial charge < -0.3 is 10.1 Å². The van der Waals surface area contributed by atoms with Crippen LogP contribution in [0.4, 0.5) is 5.69 Å². The Balaban J connectivity index is 1.59. The van der Waals surface area contributed by atoms with E-state index in [9.17, 15) is 9.59 Å². The van der Waals surface area contributed by atoms with Gasteiger partial charge in [-0.15, -0.1) is 21.5 Å². The molecular formula is C22H19N5O3S2. The molecule has 1 amide bonds. The maximum absolute atomic E-state index is 12.6. The second-order valence-electron chi connectivity index (χ2n) is 6.66. The quantitative estimate of drug-likeness (QED) is 0.322. The van der Waals surface area contributed by atoms with Crippen LogP contribution in [0.5, 0.6) is 0 Å². The van der Waals surface area contributed by atoms with E-state index in [0.29, 0.717) is 21.5 Å². The largest absolute Gasteiger partial charge is 0.465 e. The van der Waals surface area contributed by atoms with Crippen molar-refractivity contribution in [2.45, 2.75) is 12.1 Å². The summed E-state index contributed by atoms with van der Waals surface area (Å²) in [5, 5.41) is 13.8. The minimum atomic E-state index is -0.483. The number of para-hydroxylation sites is 1. The van der Waals surface area contributed by atoms with E-state index in [1.54, 1.807) is 23.8 Å². The van der Waals surface area contributed by atoms with E-state index in [0.717, 1.165) is 16.8 Å². The third-order valence-electron chi connectivity index (χ3n) is 4.55. The van der Waals surface area contributed by atoms with Crippen molar-refractivity contribution < 1.29 is 14.3 Å². The Bertz CT molecular complexity index is 1250. The Labute approximate surface area is 192 Å². The topological polar surface area (TPSA) is 99.0 Å². The third kappa shape index (κ3) is 4.56. The number of hydrogen-bond acceptors (Lipinski definition) is 8. The van der Waals surface area contributed by atoms with Crippen LogP contribution in [0.25, 0.3) is 17.1 Å². The van der Waals surface area contributed by atoms with Crippen LogP contribution in [0.3, 0.4) is 0 Å². The van der Waals surface area contributed by atoms with Crippen LogP contribution in [0.15, 0.2) is 65.4 Å². The number of hydrogen-bond donors (Lipinski definition) is 1. The first-order valence-electron chi connectivity index (χ1n) is 9.58. The Morgan fingerprint density at radius 2 is 2.00 bits per heavy atom. The van der Waals surface area contributed by atoms with Crippen LogP contribution in [0, 0.1) is 6.92 Å². The Morgan fingerprint density at radius 3 is 2.75 bits per heavy atom. The standard InChI is InChI=1S/C22H19N5O3S2/c1-14-6-3-4-8-17(14)27-20(15-7-5-10-23-12-15)25-26-22(27)32-13-18(28)24-16-9-11-31-19(16)21(29)30-2/h3-12H,13H2,1-2H3,(H,24,28). The monoisotopic (exact) mass is 465 g/mol. The molecule has 4 rings (SSSR count). The highest BCUT2D eigenvalue weighted by Crippen LogP contribution is 2.29. The fourth-order valence-corrected chi connectivity index (χ4v) is 4.56. The number of thioether (sulfide) groups is 1. The van der Waals surface area contributed by atoms with Gasteiger partial charge in [0.05, 0.1) is 24.2 Å². The molecule has 32 heavy (non-hydrogen) atoms. The summed E-state index contributed by atoms with van der Waals surface area (Å²) in [6.07, 6.45) is 3.43. The van der Waals surface area contributed by atoms with E-state index in [1.807, 2.05) is 47.9 Å². The van der Waals surface area contributed by atoms with Gasteiger partial charge in [-0.1, -0.05) is 30.0 Å². The highest BCUT2D eigenvalue weighted by Gasteiger charge is 2.20. The minimum absolute atomic E-state index is 0.0908. The molecule has 0 fully saturated rings. The molecule has 3 aromatic heterocycles. The smallest absolute Gasteiger partial charge is 0.350 e. The molecule has 0 bridgehead atoms. The summed E-state index contributed by atoms with van der Waals surface area (Å²) in [5.41, 5.74) is 3.22. The third-order valence-corrected chi connectivity index (χ3v) is 6.38. The summed E-state index contributed by atoms with van der Waals surface area (Å²) in [6.45, 7) is 2.01. The van der Waals surface area contributed by atoms with Crippen molar-refractivity contribution in [1.29, 1.82) is 0 Å². The van der Waals surface area contributed by atoms with Crippen molar-refractivity contribution in [2.75, 3.05) is 18.2 Å². The van der Waals surface area contributed by atoms with Crippen LogP contribution in [0.1, 0.15) is 15.2 Å². The zero-order valence-corrected chi connectivity index (χ0v) is 18.9. The van der Waals surface area contributed by atoms with Gasteiger partial charge >= 0.3 is 5.97 Å². The van der Waals surface area contributed by atoms with Crippen molar-refractivity contribution in [2.24, 2.45) is 0 Å². The van der Waals surface area contributed by atoms with Gasteiger partial charge in [-0.05, 0) is 42.1 Å². The molecule has 3 heterocycles. The lowest BCUT2D eigenvalue weighted by Crippen LogP contribution is -2.16. The van der Waals surface area contributed by atoms with E-state index < -0.39 is 5.97 Å². The second-order valence-corrected chi connectivity index (χ2v) is 8.52. The lowest BCUT2D eigenvalue weighted by molar-refractivity contribution is -0.113. The molecule has 4 aromatic rings. The molecule has 0 radical (unpaired) electrons. The van der Waals surface area contributed by atoms with Gasteiger partial charge in [0, 0.05) is 18.0 Å². The number of aromatic nitrogens is 4. The number of thiophene rings is 1. The number of aryl methyl sites for hydroxylation is 1. The first-order chi connectivity index (χ1) is 15.6. The SMILES string of the molecule is COC(=O)c1sccc1NC(=O)CSc1nnc(-c2cccnc2)n1-c1ccccc1C. The molecule has 0 unspecified atom stereocenters. The van der Waals surface area contributed by atoms with Gasteiger partial charge in [0.1, 0.15) is 4.88 Å². The summed E-state index contributed by atoms with van der Waals surface area (Å²) in [7, 11) is 1.31. The van der Waals surface area contributed by atoms with Crippen LogP contribution in [-0.4, -0.2) is 44.5 Å². The first kappa shape index (κ1) is 21.7. The number of carbonyl (C=O) groups excluding carboxylic acids is 2. The highest BCUT2D eigenvalue weighted by atomic mass is 32.2. The molecule has 1 aromatic carbocycles. The zero-order chi connectivity index (χ0) is 22.5. The number of benzene rings is 1. The van der Waals surface area contributed by atoms with Gasteiger partial charge in [-0.3, -0.25) is 14.3 Å². The predicted molar refractivity (Wildman–Crippen MR) is 124 cm³/mol. The lowest BCUT2D eigenvalue weighted by atomic mass is 10.2. The van der Waals surface area contributed by atoms with E-state index in [2.05, 4.69) is 20.5 Å². The molecule has 0 saturated carbocycles. The number of rotatable bonds is 7. The van der Waals surface area contributed by atoms with E-state index in [4.69, 9.17) is 4.74 Å². The van der Waals surface area contributed by atoms with Crippen molar-refractivity contribution in [3.05, 3.63) is 70.7 Å². The molecule has 0 saturated heterocycles. The second kappa shape index (κ2) is 9.75. The molecule has 0 aliphatic carbocycles. The molecule has 0 atom stereocenters. The van der Waals surface area contributed by atoms with Crippen LogP contribution in [-0.2, 0) is 9.53 Å². The number of esters is 1. The van der Waals surface area contributed by atoms with E-state index >= 15 is 0 Å². The fraction of sp³-hybridized carbons (Fsp3) is 0.136. The van der Waals surface area contributed by atoms with Gasteiger partial charge in [0.2, 0.25) is 5.91 Å². The van der Waals surface area contributed by atoms with E-state index in [1.165, 1.54) is 30.2 Å². The fourth-order valence-electron chi connectivity index (χ4n) is 3.05. The van der Waals surface area contributed by atoms with Crippen LogP contribution < -0.4 is 5.32 Å².